The predicted molar refractivity (Wildman–Crippen MR) is 85.7 cm³/mol. The van der Waals surface area contributed by atoms with E-state index in [1.807, 2.05) is 30.3 Å². The first kappa shape index (κ1) is 17.0. The van der Waals surface area contributed by atoms with Gasteiger partial charge in [0, 0.05) is 18.9 Å². The summed E-state index contributed by atoms with van der Waals surface area (Å²) < 4.78 is 11.0. The molecule has 1 aromatic heterocycles. The molecule has 5 nitrogen and oxygen atoms in total. The third kappa shape index (κ3) is 4.79. The number of benzene rings is 1. The van der Waals surface area contributed by atoms with Gasteiger partial charge in [0.15, 0.2) is 11.5 Å². The molecule has 0 saturated carbocycles. The van der Waals surface area contributed by atoms with Crippen molar-refractivity contribution in [3.63, 3.8) is 0 Å². The van der Waals surface area contributed by atoms with Gasteiger partial charge in [-0.2, -0.15) is 0 Å². The van der Waals surface area contributed by atoms with Crippen molar-refractivity contribution in [2.75, 3.05) is 31.7 Å². The van der Waals surface area contributed by atoms with Crippen LogP contribution in [0.15, 0.2) is 42.7 Å². The summed E-state index contributed by atoms with van der Waals surface area (Å²) in [6.45, 7) is 4.17. The maximum atomic E-state index is 5.76. The van der Waals surface area contributed by atoms with Crippen molar-refractivity contribution >= 4 is 18.4 Å². The summed E-state index contributed by atoms with van der Waals surface area (Å²) in [5, 5.41) is 0. The molecule has 0 saturated heterocycles. The van der Waals surface area contributed by atoms with Crippen LogP contribution in [-0.4, -0.2) is 36.8 Å². The molecule has 1 heterocycles. The van der Waals surface area contributed by atoms with Gasteiger partial charge in [-0.15, -0.1) is 12.4 Å². The van der Waals surface area contributed by atoms with Crippen molar-refractivity contribution in [2.24, 2.45) is 0 Å². The number of hydrogen-bond acceptors (Lipinski definition) is 5. The average Bonchev–Trinajstić information content (AvgIpc) is 2.53. The highest BCUT2D eigenvalue weighted by Gasteiger charge is 2.08. The highest BCUT2D eigenvalue weighted by molar-refractivity contribution is 5.85. The van der Waals surface area contributed by atoms with E-state index in [0.29, 0.717) is 6.61 Å². The normalized spacial score (nSPS) is 9.62. The molecule has 0 aliphatic carbocycles. The number of methoxy groups -OCH3 is 1. The van der Waals surface area contributed by atoms with Gasteiger partial charge in [-0.05, 0) is 25.1 Å². The molecule has 0 fully saturated rings. The van der Waals surface area contributed by atoms with Gasteiger partial charge in [0.2, 0.25) is 5.95 Å². The SMILES string of the molecule is CCN(CCOc1ccccc1OC)c1ncccn1.Cl. The van der Waals surface area contributed by atoms with Crippen molar-refractivity contribution in [1.82, 2.24) is 9.97 Å². The van der Waals surface area contributed by atoms with Crippen LogP contribution in [0, 0.1) is 0 Å². The number of rotatable bonds is 7. The summed E-state index contributed by atoms with van der Waals surface area (Å²) in [5.41, 5.74) is 0. The fourth-order valence-corrected chi connectivity index (χ4v) is 1.86. The van der Waals surface area contributed by atoms with Crippen LogP contribution in [0.3, 0.4) is 0 Å². The second kappa shape index (κ2) is 9.02. The van der Waals surface area contributed by atoms with Crippen molar-refractivity contribution in [2.45, 2.75) is 6.92 Å². The van der Waals surface area contributed by atoms with E-state index in [1.54, 1.807) is 19.5 Å². The van der Waals surface area contributed by atoms with Gasteiger partial charge in [0.05, 0.1) is 13.7 Å². The maximum absolute atomic E-state index is 5.76. The lowest BCUT2D eigenvalue weighted by atomic mass is 10.3. The van der Waals surface area contributed by atoms with E-state index < -0.39 is 0 Å². The molecule has 0 amide bonds. The van der Waals surface area contributed by atoms with Crippen molar-refractivity contribution in [3.05, 3.63) is 42.7 Å². The molecule has 1 aromatic carbocycles. The molecule has 6 heteroatoms. The van der Waals surface area contributed by atoms with Gasteiger partial charge in [0.25, 0.3) is 0 Å². The zero-order valence-electron chi connectivity index (χ0n) is 12.2. The molecule has 0 N–H and O–H groups in total. The number of para-hydroxylation sites is 2. The standard InChI is InChI=1S/C15H19N3O2.ClH/c1-3-18(15-16-9-6-10-17-15)11-12-20-14-8-5-4-7-13(14)19-2;/h4-10H,3,11-12H2,1-2H3;1H. The number of anilines is 1. The highest BCUT2D eigenvalue weighted by Crippen LogP contribution is 2.25. The number of halogens is 1. The van der Waals surface area contributed by atoms with Gasteiger partial charge in [-0.1, -0.05) is 12.1 Å². The molecule has 0 aliphatic rings. The molecule has 0 atom stereocenters. The molecular formula is C15H20ClN3O2. The summed E-state index contributed by atoms with van der Waals surface area (Å²) in [4.78, 5) is 10.6. The summed E-state index contributed by atoms with van der Waals surface area (Å²) in [6.07, 6.45) is 3.48. The zero-order valence-corrected chi connectivity index (χ0v) is 13.0. The Kier molecular flexibility index (Phi) is 7.32. The Morgan fingerprint density at radius 2 is 1.71 bits per heavy atom. The molecule has 2 rings (SSSR count). The molecule has 0 radical (unpaired) electrons. The number of aromatic nitrogens is 2. The van der Waals surface area contributed by atoms with E-state index in [2.05, 4.69) is 21.8 Å². The van der Waals surface area contributed by atoms with E-state index in [9.17, 15) is 0 Å². The second-order valence-electron chi connectivity index (χ2n) is 4.13. The van der Waals surface area contributed by atoms with Crippen molar-refractivity contribution < 1.29 is 9.47 Å². The lowest BCUT2D eigenvalue weighted by Gasteiger charge is -2.20. The lowest BCUT2D eigenvalue weighted by molar-refractivity contribution is 0.299. The van der Waals surface area contributed by atoms with Crippen LogP contribution in [0.4, 0.5) is 5.95 Å². The van der Waals surface area contributed by atoms with Crippen LogP contribution in [0.2, 0.25) is 0 Å². The average molecular weight is 310 g/mol. The Morgan fingerprint density at radius 3 is 2.33 bits per heavy atom. The quantitative estimate of drug-likeness (QED) is 0.787. The third-order valence-corrected chi connectivity index (χ3v) is 2.90. The largest absolute Gasteiger partial charge is 0.493 e. The number of likely N-dealkylation sites (N-methyl/N-ethyl adjacent to an activating group) is 1. The molecular weight excluding hydrogens is 290 g/mol. The topological polar surface area (TPSA) is 47.5 Å². The Bertz CT molecular complexity index is 525. The summed E-state index contributed by atoms with van der Waals surface area (Å²) >= 11 is 0. The first-order valence-electron chi connectivity index (χ1n) is 6.63. The molecule has 0 aliphatic heterocycles. The van der Waals surface area contributed by atoms with Crippen LogP contribution >= 0.6 is 12.4 Å². The minimum atomic E-state index is 0. The predicted octanol–water partition coefficient (Wildman–Crippen LogP) is 2.81. The van der Waals surface area contributed by atoms with Gasteiger partial charge < -0.3 is 14.4 Å². The fourth-order valence-electron chi connectivity index (χ4n) is 1.86. The molecule has 0 spiro atoms. The van der Waals surface area contributed by atoms with Gasteiger partial charge in [0.1, 0.15) is 6.61 Å². The zero-order chi connectivity index (χ0) is 14.2. The van der Waals surface area contributed by atoms with Gasteiger partial charge >= 0.3 is 0 Å². The smallest absolute Gasteiger partial charge is 0.225 e. The minimum absolute atomic E-state index is 0. The fraction of sp³-hybridized carbons (Fsp3) is 0.333. The molecule has 0 unspecified atom stereocenters. The van der Waals surface area contributed by atoms with E-state index in [4.69, 9.17) is 9.47 Å². The van der Waals surface area contributed by atoms with E-state index in [1.165, 1.54) is 0 Å². The first-order valence-corrected chi connectivity index (χ1v) is 6.63. The maximum Gasteiger partial charge on any atom is 0.225 e. The number of nitrogens with zero attached hydrogens (tertiary/aromatic N) is 3. The Morgan fingerprint density at radius 1 is 1.05 bits per heavy atom. The lowest BCUT2D eigenvalue weighted by Crippen LogP contribution is -2.29. The minimum Gasteiger partial charge on any atom is -0.493 e. The van der Waals surface area contributed by atoms with Crippen molar-refractivity contribution in [3.8, 4) is 11.5 Å². The highest BCUT2D eigenvalue weighted by atomic mass is 35.5. The third-order valence-electron chi connectivity index (χ3n) is 2.90. The van der Waals surface area contributed by atoms with E-state index >= 15 is 0 Å². The van der Waals surface area contributed by atoms with Crippen LogP contribution in [0.1, 0.15) is 6.92 Å². The summed E-state index contributed by atoms with van der Waals surface area (Å²) in [6, 6.07) is 9.43. The number of ether oxygens (including phenoxy) is 2. The Balaban J connectivity index is 0.00000220. The van der Waals surface area contributed by atoms with Crippen LogP contribution < -0.4 is 14.4 Å². The second-order valence-corrected chi connectivity index (χ2v) is 4.13. The first-order chi connectivity index (χ1) is 9.85. The van der Waals surface area contributed by atoms with Gasteiger partial charge in [-0.25, -0.2) is 9.97 Å². The number of hydrogen-bond donors (Lipinski definition) is 0. The Labute approximate surface area is 131 Å². The monoisotopic (exact) mass is 309 g/mol. The van der Waals surface area contributed by atoms with E-state index in [-0.39, 0.29) is 12.4 Å². The molecule has 114 valence electrons. The Hall–Kier alpha value is -2.01. The van der Waals surface area contributed by atoms with Gasteiger partial charge in [-0.3, -0.25) is 0 Å². The van der Waals surface area contributed by atoms with Crippen LogP contribution in [-0.2, 0) is 0 Å². The molecule has 2 aromatic rings. The van der Waals surface area contributed by atoms with E-state index in [0.717, 1.165) is 30.5 Å². The molecule has 21 heavy (non-hydrogen) atoms. The summed E-state index contributed by atoms with van der Waals surface area (Å²) in [5.74, 6) is 2.21. The summed E-state index contributed by atoms with van der Waals surface area (Å²) in [7, 11) is 1.64. The van der Waals surface area contributed by atoms with Crippen LogP contribution in [0.25, 0.3) is 0 Å². The van der Waals surface area contributed by atoms with Crippen LogP contribution in [0.5, 0.6) is 11.5 Å². The molecule has 0 bridgehead atoms. The van der Waals surface area contributed by atoms with Crippen molar-refractivity contribution in [1.29, 1.82) is 0 Å².